The van der Waals surface area contributed by atoms with Crippen LogP contribution in [0.4, 0.5) is 0 Å². The molecule has 2 aliphatic heterocycles. The van der Waals surface area contributed by atoms with Crippen LogP contribution in [0.15, 0.2) is 45.7 Å². The second kappa shape index (κ2) is 15.3. The van der Waals surface area contributed by atoms with Crippen molar-refractivity contribution in [3.63, 3.8) is 0 Å². The fourth-order valence-electron chi connectivity index (χ4n) is 5.10. The van der Waals surface area contributed by atoms with Gasteiger partial charge in [-0.2, -0.15) is 0 Å². The highest BCUT2D eigenvalue weighted by molar-refractivity contribution is 7.99. The van der Waals surface area contributed by atoms with Gasteiger partial charge >= 0.3 is 0 Å². The Kier molecular flexibility index (Phi) is 10.9. The van der Waals surface area contributed by atoms with Crippen LogP contribution in [0.25, 0.3) is 11.5 Å². The molecule has 1 aromatic heterocycles. The van der Waals surface area contributed by atoms with Crippen LogP contribution >= 0.6 is 11.8 Å². The molecule has 2 aromatic carbocycles. The van der Waals surface area contributed by atoms with E-state index in [9.17, 15) is 14.4 Å². The number of ether oxygens (including phenoxy) is 4. The van der Waals surface area contributed by atoms with Crippen molar-refractivity contribution in [2.45, 2.75) is 51.1 Å². The van der Waals surface area contributed by atoms with E-state index >= 15 is 0 Å². The Labute approximate surface area is 272 Å². The van der Waals surface area contributed by atoms with Gasteiger partial charge in [0, 0.05) is 29.2 Å². The number of rotatable bonds is 6. The van der Waals surface area contributed by atoms with Crippen molar-refractivity contribution < 1.29 is 37.7 Å². The molecule has 3 heterocycles. The lowest BCUT2D eigenvalue weighted by Gasteiger charge is -2.26. The van der Waals surface area contributed by atoms with Crippen LogP contribution in [0.5, 0.6) is 23.0 Å². The van der Waals surface area contributed by atoms with Crippen molar-refractivity contribution in [3.05, 3.63) is 47.9 Å². The molecule has 0 spiro atoms. The van der Waals surface area contributed by atoms with Gasteiger partial charge in [-0.15, -0.1) is 11.8 Å². The first-order valence-electron chi connectivity index (χ1n) is 15.4. The molecule has 0 unspecified atom stereocenters. The van der Waals surface area contributed by atoms with Gasteiger partial charge in [0.25, 0.3) is 0 Å². The number of fused-ring (bicyclic) bond motifs is 6. The maximum Gasteiger partial charge on any atom is 0.243 e. The van der Waals surface area contributed by atoms with Gasteiger partial charge in [-0.3, -0.25) is 14.4 Å². The van der Waals surface area contributed by atoms with E-state index < -0.39 is 11.9 Å². The van der Waals surface area contributed by atoms with Gasteiger partial charge in [-0.05, 0) is 55.7 Å². The number of nitrogens with zero attached hydrogens (tertiary/aromatic N) is 2. The van der Waals surface area contributed by atoms with Crippen LogP contribution in [0, 0.1) is 12.8 Å². The summed E-state index contributed by atoms with van der Waals surface area (Å²) in [4.78, 5) is 47.0. The predicted molar refractivity (Wildman–Crippen MR) is 171 cm³/mol. The number of oxazole rings is 1. The lowest BCUT2D eigenvalue weighted by atomic mass is 10.0. The third kappa shape index (κ3) is 8.25. The first kappa shape index (κ1) is 33.0. The minimum atomic E-state index is -0.798. The first-order chi connectivity index (χ1) is 22.2. The SMILES string of the molecule is COc1ccc2cc1OCCCN(C(=O)CCSc1ccc3c(c1)OCCO3)CC(=O)N[C@@H](C(C)C)C(=O)NCc1nc-2oc1C. The topological polar surface area (TPSA) is 141 Å². The van der Waals surface area contributed by atoms with Gasteiger partial charge in [0.1, 0.15) is 30.7 Å². The van der Waals surface area contributed by atoms with Crippen molar-refractivity contribution in [1.29, 1.82) is 0 Å². The molecule has 3 aromatic rings. The van der Waals surface area contributed by atoms with Crippen LogP contribution in [0.2, 0.25) is 0 Å². The summed E-state index contributed by atoms with van der Waals surface area (Å²) >= 11 is 1.53. The van der Waals surface area contributed by atoms with Crippen molar-refractivity contribution >= 4 is 29.5 Å². The molecule has 0 saturated heterocycles. The summed E-state index contributed by atoms with van der Waals surface area (Å²) in [5.74, 6) is 2.77. The van der Waals surface area contributed by atoms with Crippen LogP contribution in [-0.4, -0.2) is 79.4 Å². The van der Waals surface area contributed by atoms with Gasteiger partial charge < -0.3 is 38.9 Å². The first-order valence-corrected chi connectivity index (χ1v) is 16.3. The van der Waals surface area contributed by atoms with E-state index in [0.29, 0.717) is 71.3 Å². The predicted octanol–water partition coefficient (Wildman–Crippen LogP) is 3.98. The average molecular weight is 653 g/mol. The van der Waals surface area contributed by atoms with Gasteiger partial charge in [0.05, 0.1) is 26.8 Å². The summed E-state index contributed by atoms with van der Waals surface area (Å²) in [6.07, 6.45) is 0.672. The molecule has 0 aliphatic carbocycles. The largest absolute Gasteiger partial charge is 0.493 e. The maximum atomic E-state index is 13.4. The molecule has 5 rings (SSSR count). The number of carbonyl (C=O) groups is 3. The number of methoxy groups -OCH3 is 1. The number of amides is 3. The molecule has 12 nitrogen and oxygen atoms in total. The monoisotopic (exact) mass is 652 g/mol. The molecule has 246 valence electrons. The number of carbonyl (C=O) groups excluding carboxylic acids is 3. The lowest BCUT2D eigenvalue weighted by molar-refractivity contribution is -0.137. The number of aromatic nitrogens is 1. The van der Waals surface area contributed by atoms with E-state index in [1.807, 2.05) is 38.1 Å². The van der Waals surface area contributed by atoms with E-state index in [1.54, 1.807) is 26.2 Å². The smallest absolute Gasteiger partial charge is 0.243 e. The Hall–Kier alpha value is -4.39. The van der Waals surface area contributed by atoms with Crippen molar-refractivity contribution in [2.75, 3.05) is 45.8 Å². The molecule has 2 N–H and O–H groups in total. The molecule has 46 heavy (non-hydrogen) atoms. The van der Waals surface area contributed by atoms with E-state index in [0.717, 1.165) is 4.90 Å². The fourth-order valence-corrected chi connectivity index (χ4v) is 5.97. The summed E-state index contributed by atoms with van der Waals surface area (Å²) in [6.45, 7) is 7.00. The molecule has 13 heteroatoms. The zero-order valence-electron chi connectivity index (χ0n) is 26.6. The fraction of sp³-hybridized carbons (Fsp3) is 0.455. The quantitative estimate of drug-likeness (QED) is 0.376. The zero-order valence-corrected chi connectivity index (χ0v) is 27.4. The zero-order chi connectivity index (χ0) is 32.6. The summed E-state index contributed by atoms with van der Waals surface area (Å²) in [6, 6.07) is 10.3. The van der Waals surface area contributed by atoms with Gasteiger partial charge in [-0.25, -0.2) is 4.98 Å². The summed E-state index contributed by atoms with van der Waals surface area (Å²) in [5, 5.41) is 5.71. The van der Waals surface area contributed by atoms with Crippen LogP contribution in [0.3, 0.4) is 0 Å². The standard InChI is InChI=1S/C33H40N4O8S/c1-20(2)31-32(40)34-18-24-21(3)45-33(35-24)22-6-8-25(41-4)27(16-22)42-12-5-11-37(19-29(38)36-31)30(39)10-15-46-23-7-9-26-28(17-23)44-14-13-43-26/h6-9,16-17,20,31H,5,10-15,18-19H2,1-4H3,(H,34,40)(H,36,38)/t31-/m0/s1. The Morgan fingerprint density at radius 1 is 1.07 bits per heavy atom. The number of thioether (sulfide) groups is 1. The molecular weight excluding hydrogens is 612 g/mol. The minimum Gasteiger partial charge on any atom is -0.493 e. The summed E-state index contributed by atoms with van der Waals surface area (Å²) in [5.41, 5.74) is 1.26. The molecular formula is C33H40N4O8S. The maximum absolute atomic E-state index is 13.4. The molecule has 3 amide bonds. The summed E-state index contributed by atoms with van der Waals surface area (Å²) < 4.78 is 28.7. The van der Waals surface area contributed by atoms with E-state index in [4.69, 9.17) is 23.4 Å². The highest BCUT2D eigenvalue weighted by Gasteiger charge is 2.27. The molecule has 2 aliphatic rings. The van der Waals surface area contributed by atoms with Crippen LogP contribution in [-0.2, 0) is 20.9 Å². The van der Waals surface area contributed by atoms with Gasteiger partial charge in [-0.1, -0.05) is 13.8 Å². The molecule has 0 fully saturated rings. The number of nitrogens with one attached hydrogen (secondary N) is 2. The number of benzene rings is 2. The molecule has 4 bridgehead atoms. The molecule has 0 saturated carbocycles. The van der Waals surface area contributed by atoms with Crippen molar-refractivity contribution in [3.8, 4) is 34.5 Å². The molecule has 0 radical (unpaired) electrons. The van der Waals surface area contributed by atoms with Crippen LogP contribution in [0.1, 0.15) is 38.1 Å². The van der Waals surface area contributed by atoms with Crippen molar-refractivity contribution in [2.24, 2.45) is 5.92 Å². The number of hydrogen-bond acceptors (Lipinski definition) is 10. The van der Waals surface area contributed by atoms with E-state index in [2.05, 4.69) is 15.6 Å². The van der Waals surface area contributed by atoms with Gasteiger partial charge in [0.2, 0.25) is 23.6 Å². The minimum absolute atomic E-state index is 0.123. The highest BCUT2D eigenvalue weighted by Crippen LogP contribution is 2.35. The third-order valence-electron chi connectivity index (χ3n) is 7.61. The van der Waals surface area contributed by atoms with Crippen LogP contribution < -0.4 is 29.6 Å². The van der Waals surface area contributed by atoms with Crippen molar-refractivity contribution in [1.82, 2.24) is 20.5 Å². The average Bonchev–Trinajstić information content (AvgIpc) is 3.43. The van der Waals surface area contributed by atoms with Gasteiger partial charge in [0.15, 0.2) is 23.0 Å². The van der Waals surface area contributed by atoms with E-state index in [1.165, 1.54) is 16.7 Å². The second-order valence-electron chi connectivity index (χ2n) is 11.3. The second-order valence-corrected chi connectivity index (χ2v) is 12.5. The Morgan fingerprint density at radius 3 is 2.63 bits per heavy atom. The Balaban J connectivity index is 1.31. The highest BCUT2D eigenvalue weighted by atomic mass is 32.2. The number of aryl methyl sites for hydroxylation is 1. The Morgan fingerprint density at radius 2 is 1.85 bits per heavy atom. The number of hydrogen-bond donors (Lipinski definition) is 2. The third-order valence-corrected chi connectivity index (χ3v) is 8.61. The summed E-state index contributed by atoms with van der Waals surface area (Å²) in [7, 11) is 1.56. The normalized spacial score (nSPS) is 17.3. The lowest BCUT2D eigenvalue weighted by Crippen LogP contribution is -2.52. The molecule has 1 atom stereocenters. The van der Waals surface area contributed by atoms with E-state index in [-0.39, 0.29) is 50.4 Å². The Bertz CT molecular complexity index is 1560.